The normalized spacial score (nSPS) is 17.4. The van der Waals surface area contributed by atoms with E-state index in [1.807, 2.05) is 6.92 Å². The zero-order valence-electron chi connectivity index (χ0n) is 10.6. The monoisotopic (exact) mass is 241 g/mol. The average molecular weight is 241 g/mol. The van der Waals surface area contributed by atoms with Gasteiger partial charge >= 0.3 is 0 Å². The van der Waals surface area contributed by atoms with Crippen molar-refractivity contribution in [1.82, 2.24) is 4.90 Å². The van der Waals surface area contributed by atoms with E-state index in [2.05, 4.69) is 5.16 Å². The Morgan fingerprint density at radius 3 is 2.65 bits per heavy atom. The van der Waals surface area contributed by atoms with Crippen molar-refractivity contribution in [3.05, 3.63) is 0 Å². The second-order valence-corrected chi connectivity index (χ2v) is 4.76. The number of amides is 1. The number of nitrogens with zero attached hydrogens (tertiary/aromatic N) is 2. The van der Waals surface area contributed by atoms with Gasteiger partial charge in [-0.3, -0.25) is 4.79 Å². The van der Waals surface area contributed by atoms with Gasteiger partial charge in [-0.15, -0.1) is 0 Å². The molecule has 0 aliphatic heterocycles. The van der Waals surface area contributed by atoms with Gasteiger partial charge in [0, 0.05) is 13.0 Å². The number of hydrogen-bond acceptors (Lipinski definition) is 3. The minimum absolute atomic E-state index is 0.0956. The Balaban J connectivity index is 2.46. The maximum Gasteiger partial charge on any atom is 0.223 e. The molecule has 3 N–H and O–H groups in total. The molecular weight excluding hydrogens is 218 g/mol. The lowest BCUT2D eigenvalue weighted by Crippen LogP contribution is -2.39. The van der Waals surface area contributed by atoms with Gasteiger partial charge in [-0.1, -0.05) is 24.9 Å². The highest BCUT2D eigenvalue weighted by atomic mass is 16.4. The van der Waals surface area contributed by atoms with Gasteiger partial charge in [-0.05, 0) is 25.2 Å². The number of amidine groups is 1. The average Bonchev–Trinajstić information content (AvgIpc) is 2.81. The predicted octanol–water partition coefficient (Wildman–Crippen LogP) is 1.55. The second-order valence-electron chi connectivity index (χ2n) is 4.76. The van der Waals surface area contributed by atoms with Crippen molar-refractivity contribution in [3.63, 3.8) is 0 Å². The summed E-state index contributed by atoms with van der Waals surface area (Å²) in [5.74, 6) is 0.762. The second kappa shape index (κ2) is 7.14. The van der Waals surface area contributed by atoms with Crippen molar-refractivity contribution in [2.75, 3.05) is 13.1 Å². The first-order valence-electron chi connectivity index (χ1n) is 6.41. The maximum absolute atomic E-state index is 12.1. The molecule has 0 bridgehead atoms. The molecule has 5 nitrogen and oxygen atoms in total. The summed E-state index contributed by atoms with van der Waals surface area (Å²) in [4.78, 5) is 13.8. The largest absolute Gasteiger partial charge is 0.409 e. The molecule has 0 aromatic carbocycles. The molecule has 1 fully saturated rings. The molecule has 0 spiro atoms. The minimum atomic E-state index is 0.0956. The van der Waals surface area contributed by atoms with Crippen molar-refractivity contribution in [3.8, 4) is 0 Å². The molecule has 1 aliphatic rings. The zero-order valence-corrected chi connectivity index (χ0v) is 10.6. The van der Waals surface area contributed by atoms with Crippen LogP contribution in [0.2, 0.25) is 0 Å². The highest BCUT2D eigenvalue weighted by molar-refractivity contribution is 5.86. The number of carbonyl (C=O) groups excluding carboxylic acids is 1. The highest BCUT2D eigenvalue weighted by Crippen LogP contribution is 2.28. The van der Waals surface area contributed by atoms with Gasteiger partial charge in [0.2, 0.25) is 5.91 Å². The first-order valence-corrected chi connectivity index (χ1v) is 6.41. The first-order chi connectivity index (χ1) is 8.17. The lowest BCUT2D eigenvalue weighted by atomic mass is 10.0. The van der Waals surface area contributed by atoms with E-state index in [9.17, 15) is 4.79 Å². The van der Waals surface area contributed by atoms with Crippen LogP contribution in [0.25, 0.3) is 0 Å². The molecule has 1 amide bonds. The fraction of sp³-hybridized carbons (Fsp3) is 0.833. The molecule has 0 heterocycles. The van der Waals surface area contributed by atoms with Gasteiger partial charge in [-0.2, -0.15) is 0 Å². The van der Waals surface area contributed by atoms with Gasteiger partial charge in [0.15, 0.2) is 5.84 Å². The predicted molar refractivity (Wildman–Crippen MR) is 66.9 cm³/mol. The third-order valence-electron chi connectivity index (χ3n) is 3.27. The van der Waals surface area contributed by atoms with E-state index in [1.165, 1.54) is 12.8 Å². The zero-order chi connectivity index (χ0) is 12.7. The molecule has 5 heteroatoms. The SMILES string of the molecule is CCCN(CC(N)=NO)C(=O)CC1CCCC1. The van der Waals surface area contributed by atoms with E-state index in [4.69, 9.17) is 10.9 Å². The smallest absolute Gasteiger partial charge is 0.223 e. The maximum atomic E-state index is 12.1. The van der Waals surface area contributed by atoms with Crippen LogP contribution in [-0.2, 0) is 4.79 Å². The van der Waals surface area contributed by atoms with Crippen molar-refractivity contribution in [1.29, 1.82) is 0 Å². The van der Waals surface area contributed by atoms with E-state index < -0.39 is 0 Å². The molecule has 0 radical (unpaired) electrons. The van der Waals surface area contributed by atoms with E-state index >= 15 is 0 Å². The molecule has 0 aromatic heterocycles. The van der Waals surface area contributed by atoms with E-state index in [1.54, 1.807) is 4.90 Å². The van der Waals surface area contributed by atoms with Gasteiger partial charge in [-0.25, -0.2) is 0 Å². The van der Waals surface area contributed by atoms with Crippen molar-refractivity contribution < 1.29 is 10.0 Å². The highest BCUT2D eigenvalue weighted by Gasteiger charge is 2.22. The van der Waals surface area contributed by atoms with Crippen LogP contribution in [0, 0.1) is 5.92 Å². The third kappa shape index (κ3) is 4.63. The number of hydrogen-bond donors (Lipinski definition) is 2. The Bertz CT molecular complexity index is 273. The minimum Gasteiger partial charge on any atom is -0.409 e. The van der Waals surface area contributed by atoms with Crippen LogP contribution >= 0.6 is 0 Å². The van der Waals surface area contributed by atoms with Crippen LogP contribution < -0.4 is 5.73 Å². The Morgan fingerprint density at radius 2 is 2.12 bits per heavy atom. The first kappa shape index (κ1) is 13.8. The quantitative estimate of drug-likeness (QED) is 0.320. The molecule has 0 atom stereocenters. The summed E-state index contributed by atoms with van der Waals surface area (Å²) in [6, 6.07) is 0. The summed E-state index contributed by atoms with van der Waals surface area (Å²) < 4.78 is 0. The Kier molecular flexibility index (Phi) is 5.80. The van der Waals surface area contributed by atoms with Gasteiger partial charge in [0.05, 0.1) is 6.54 Å². The number of carbonyl (C=O) groups is 1. The van der Waals surface area contributed by atoms with Gasteiger partial charge < -0.3 is 15.8 Å². The molecular formula is C12H23N3O2. The van der Waals surface area contributed by atoms with Crippen LogP contribution in [-0.4, -0.2) is 34.9 Å². The summed E-state index contributed by atoms with van der Waals surface area (Å²) in [6.07, 6.45) is 6.30. The fourth-order valence-corrected chi connectivity index (χ4v) is 2.38. The summed E-state index contributed by atoms with van der Waals surface area (Å²) in [6.45, 7) is 2.92. The molecule has 1 saturated carbocycles. The third-order valence-corrected chi connectivity index (χ3v) is 3.27. The number of rotatable bonds is 6. The molecule has 17 heavy (non-hydrogen) atoms. The van der Waals surface area contributed by atoms with E-state index in [-0.39, 0.29) is 18.3 Å². The fourth-order valence-electron chi connectivity index (χ4n) is 2.38. The molecule has 1 aliphatic carbocycles. The van der Waals surface area contributed by atoms with Crippen LogP contribution in [0.5, 0.6) is 0 Å². The molecule has 0 unspecified atom stereocenters. The Labute approximate surface area is 103 Å². The summed E-state index contributed by atoms with van der Waals surface area (Å²) in [5.41, 5.74) is 5.46. The standard InChI is InChI=1S/C12H23N3O2/c1-2-7-15(9-11(13)14-17)12(16)8-10-5-3-4-6-10/h10,17H,2-9H2,1H3,(H2,13,14). The lowest BCUT2D eigenvalue weighted by molar-refractivity contribution is -0.131. The lowest BCUT2D eigenvalue weighted by Gasteiger charge is -2.22. The van der Waals surface area contributed by atoms with Crippen LogP contribution in [0.4, 0.5) is 0 Å². The summed E-state index contributed by atoms with van der Waals surface area (Å²) in [5, 5.41) is 11.5. The molecule has 1 rings (SSSR count). The van der Waals surface area contributed by atoms with Crippen molar-refractivity contribution in [2.24, 2.45) is 16.8 Å². The van der Waals surface area contributed by atoms with Crippen molar-refractivity contribution >= 4 is 11.7 Å². The number of nitrogens with two attached hydrogens (primary N) is 1. The van der Waals surface area contributed by atoms with Crippen LogP contribution in [0.3, 0.4) is 0 Å². The number of oxime groups is 1. The Hall–Kier alpha value is -1.26. The van der Waals surface area contributed by atoms with E-state index in [0.29, 0.717) is 18.9 Å². The van der Waals surface area contributed by atoms with Crippen LogP contribution in [0.15, 0.2) is 5.16 Å². The van der Waals surface area contributed by atoms with E-state index in [0.717, 1.165) is 19.3 Å². The van der Waals surface area contributed by atoms with Gasteiger partial charge in [0.1, 0.15) is 0 Å². The molecule has 0 aromatic rings. The molecule has 0 saturated heterocycles. The molecule has 98 valence electrons. The summed E-state index contributed by atoms with van der Waals surface area (Å²) >= 11 is 0. The van der Waals surface area contributed by atoms with Crippen molar-refractivity contribution in [2.45, 2.75) is 45.4 Å². The van der Waals surface area contributed by atoms with Crippen LogP contribution in [0.1, 0.15) is 45.4 Å². The topological polar surface area (TPSA) is 78.9 Å². The Morgan fingerprint density at radius 1 is 1.47 bits per heavy atom. The van der Waals surface area contributed by atoms with Gasteiger partial charge in [0.25, 0.3) is 0 Å². The summed E-state index contributed by atoms with van der Waals surface area (Å²) in [7, 11) is 0.